The molecule has 4 heteroatoms. The lowest BCUT2D eigenvalue weighted by Crippen LogP contribution is -2.15. The molecule has 58 heavy (non-hydrogen) atoms. The standard InChI is InChI=1S/C54H37N3O/c1-54(2)46-24-10-9-22-43(46)44-28-27-41(32-47(44)54)53-56-51(39-20-11-18-36(30-39)34-14-5-3-6-15-34)55-52(57-53)40-21-12-19-37(31-40)38-26-29-45-49(33-38)58-48-25-13-23-42(50(45)48)35-16-7-4-8-17-35/h3-33H,1-2H3. The lowest BCUT2D eigenvalue weighted by atomic mass is 9.82. The molecule has 0 spiro atoms. The van der Waals surface area contributed by atoms with E-state index in [1.165, 1.54) is 33.4 Å². The summed E-state index contributed by atoms with van der Waals surface area (Å²) in [6, 6.07) is 66.0. The highest BCUT2D eigenvalue weighted by Crippen LogP contribution is 2.49. The first-order chi connectivity index (χ1) is 28.5. The van der Waals surface area contributed by atoms with E-state index in [0.717, 1.165) is 60.9 Å². The molecule has 10 aromatic rings. The van der Waals surface area contributed by atoms with Crippen LogP contribution in [0.1, 0.15) is 25.0 Å². The fourth-order valence-corrected chi connectivity index (χ4v) is 8.78. The predicted octanol–water partition coefficient (Wildman–Crippen LogP) is 14.1. The average molecular weight is 744 g/mol. The van der Waals surface area contributed by atoms with Crippen molar-refractivity contribution in [1.29, 1.82) is 0 Å². The molecule has 0 amide bonds. The van der Waals surface area contributed by atoms with Crippen LogP contribution in [0.5, 0.6) is 0 Å². The Hall–Kier alpha value is -7.43. The molecule has 0 unspecified atom stereocenters. The van der Waals surface area contributed by atoms with Gasteiger partial charge in [-0.3, -0.25) is 0 Å². The monoisotopic (exact) mass is 743 g/mol. The van der Waals surface area contributed by atoms with Gasteiger partial charge in [-0.1, -0.05) is 166 Å². The number of furan rings is 1. The Labute approximate surface area is 337 Å². The van der Waals surface area contributed by atoms with Gasteiger partial charge in [-0.05, 0) is 92.0 Å². The second-order valence-corrected chi connectivity index (χ2v) is 15.6. The van der Waals surface area contributed by atoms with Crippen molar-refractivity contribution in [3.8, 4) is 78.7 Å². The molecule has 2 heterocycles. The fraction of sp³-hybridized carbons (Fsp3) is 0.0556. The Morgan fingerprint density at radius 1 is 0.345 bits per heavy atom. The summed E-state index contributed by atoms with van der Waals surface area (Å²) in [5.41, 5.74) is 16.2. The molecule has 1 aliphatic carbocycles. The SMILES string of the molecule is CC1(C)c2ccccc2-c2ccc(-c3nc(-c4cccc(-c5ccccc5)c4)nc(-c4cccc(-c5ccc6c(c5)oc5cccc(-c7ccccc7)c56)c4)n3)cc21. The van der Waals surface area contributed by atoms with E-state index in [1.807, 2.05) is 18.2 Å². The molecule has 2 aromatic heterocycles. The maximum absolute atomic E-state index is 6.50. The molecule has 1 aliphatic rings. The Morgan fingerprint density at radius 3 is 1.55 bits per heavy atom. The first kappa shape index (κ1) is 33.9. The third-order valence-corrected chi connectivity index (χ3v) is 11.7. The summed E-state index contributed by atoms with van der Waals surface area (Å²) in [6.07, 6.45) is 0. The highest BCUT2D eigenvalue weighted by atomic mass is 16.3. The van der Waals surface area contributed by atoms with Crippen molar-refractivity contribution in [2.24, 2.45) is 0 Å². The van der Waals surface area contributed by atoms with E-state index in [-0.39, 0.29) is 5.41 Å². The molecule has 8 aromatic carbocycles. The Balaban J connectivity index is 1.03. The number of nitrogens with zero attached hydrogens (tertiary/aromatic N) is 3. The summed E-state index contributed by atoms with van der Waals surface area (Å²) < 4.78 is 6.50. The van der Waals surface area contributed by atoms with E-state index in [1.54, 1.807) is 0 Å². The average Bonchev–Trinajstić information content (AvgIpc) is 3.78. The smallest absolute Gasteiger partial charge is 0.164 e. The maximum Gasteiger partial charge on any atom is 0.164 e. The van der Waals surface area contributed by atoms with E-state index in [0.29, 0.717) is 17.5 Å². The number of hydrogen-bond acceptors (Lipinski definition) is 4. The summed E-state index contributed by atoms with van der Waals surface area (Å²) in [6.45, 7) is 4.61. The van der Waals surface area contributed by atoms with Crippen LogP contribution in [0.25, 0.3) is 101 Å². The molecular weight excluding hydrogens is 707 g/mol. The van der Waals surface area contributed by atoms with Gasteiger partial charge in [0.1, 0.15) is 11.2 Å². The second-order valence-electron chi connectivity index (χ2n) is 15.6. The van der Waals surface area contributed by atoms with E-state index in [4.69, 9.17) is 19.4 Å². The normalized spacial score (nSPS) is 12.8. The van der Waals surface area contributed by atoms with Gasteiger partial charge in [-0.15, -0.1) is 0 Å². The van der Waals surface area contributed by atoms with Crippen LogP contribution in [0.4, 0.5) is 0 Å². The van der Waals surface area contributed by atoms with Gasteiger partial charge in [0.2, 0.25) is 0 Å². The van der Waals surface area contributed by atoms with Gasteiger partial charge >= 0.3 is 0 Å². The van der Waals surface area contributed by atoms with Crippen molar-refractivity contribution >= 4 is 21.9 Å². The fourth-order valence-electron chi connectivity index (χ4n) is 8.78. The number of benzene rings is 8. The summed E-state index contributed by atoms with van der Waals surface area (Å²) in [5.74, 6) is 1.89. The zero-order valence-corrected chi connectivity index (χ0v) is 32.1. The topological polar surface area (TPSA) is 51.8 Å². The van der Waals surface area contributed by atoms with E-state index in [9.17, 15) is 0 Å². The van der Waals surface area contributed by atoms with E-state index >= 15 is 0 Å². The van der Waals surface area contributed by atoms with Crippen LogP contribution < -0.4 is 0 Å². The van der Waals surface area contributed by atoms with E-state index < -0.39 is 0 Å². The van der Waals surface area contributed by atoms with Crippen LogP contribution in [0, 0.1) is 0 Å². The van der Waals surface area contributed by atoms with Crippen molar-refractivity contribution in [3.05, 3.63) is 199 Å². The van der Waals surface area contributed by atoms with Gasteiger partial charge in [0, 0.05) is 32.9 Å². The quantitative estimate of drug-likeness (QED) is 0.170. The molecule has 0 saturated carbocycles. The summed E-state index contributed by atoms with van der Waals surface area (Å²) in [7, 11) is 0. The second kappa shape index (κ2) is 13.4. The van der Waals surface area contributed by atoms with Crippen molar-refractivity contribution in [2.45, 2.75) is 19.3 Å². The molecule has 0 radical (unpaired) electrons. The number of rotatable bonds is 6. The minimum absolute atomic E-state index is 0.150. The molecule has 0 N–H and O–H groups in total. The lowest BCUT2D eigenvalue weighted by Gasteiger charge is -2.21. The zero-order valence-electron chi connectivity index (χ0n) is 32.1. The predicted molar refractivity (Wildman–Crippen MR) is 237 cm³/mol. The molecule has 274 valence electrons. The lowest BCUT2D eigenvalue weighted by molar-refractivity contribution is 0.660. The van der Waals surface area contributed by atoms with Gasteiger partial charge in [0.15, 0.2) is 17.5 Å². The minimum Gasteiger partial charge on any atom is -0.456 e. The van der Waals surface area contributed by atoms with Crippen molar-refractivity contribution in [3.63, 3.8) is 0 Å². The summed E-state index contributed by atoms with van der Waals surface area (Å²) >= 11 is 0. The Kier molecular flexibility index (Phi) is 7.80. The molecule has 0 fully saturated rings. The number of aromatic nitrogens is 3. The first-order valence-electron chi connectivity index (χ1n) is 19.8. The maximum atomic E-state index is 6.50. The number of hydrogen-bond donors (Lipinski definition) is 0. The van der Waals surface area contributed by atoms with E-state index in [2.05, 4.69) is 184 Å². The van der Waals surface area contributed by atoms with Crippen molar-refractivity contribution in [2.75, 3.05) is 0 Å². The molecule has 0 saturated heterocycles. The van der Waals surface area contributed by atoms with Gasteiger partial charge in [0.05, 0.1) is 0 Å². The van der Waals surface area contributed by atoms with Crippen molar-refractivity contribution < 1.29 is 4.42 Å². The third-order valence-electron chi connectivity index (χ3n) is 11.7. The van der Waals surface area contributed by atoms with Gasteiger partial charge in [0.25, 0.3) is 0 Å². The van der Waals surface area contributed by atoms with Crippen LogP contribution in [0.2, 0.25) is 0 Å². The van der Waals surface area contributed by atoms with Crippen LogP contribution in [0.3, 0.4) is 0 Å². The minimum atomic E-state index is -0.150. The van der Waals surface area contributed by atoms with Gasteiger partial charge in [-0.2, -0.15) is 0 Å². The van der Waals surface area contributed by atoms with Crippen LogP contribution in [-0.4, -0.2) is 15.0 Å². The molecule has 0 bridgehead atoms. The highest BCUT2D eigenvalue weighted by molar-refractivity contribution is 6.13. The van der Waals surface area contributed by atoms with Gasteiger partial charge in [-0.25, -0.2) is 15.0 Å². The van der Waals surface area contributed by atoms with Crippen LogP contribution in [-0.2, 0) is 5.41 Å². The summed E-state index contributed by atoms with van der Waals surface area (Å²) in [4.78, 5) is 15.6. The Bertz CT molecular complexity index is 3200. The highest BCUT2D eigenvalue weighted by Gasteiger charge is 2.35. The largest absolute Gasteiger partial charge is 0.456 e. The first-order valence-corrected chi connectivity index (χ1v) is 19.8. The zero-order chi connectivity index (χ0) is 38.8. The van der Waals surface area contributed by atoms with Crippen molar-refractivity contribution in [1.82, 2.24) is 15.0 Å². The molecule has 4 nitrogen and oxygen atoms in total. The van der Waals surface area contributed by atoms with Crippen LogP contribution in [0.15, 0.2) is 192 Å². The summed E-state index contributed by atoms with van der Waals surface area (Å²) in [5, 5.41) is 2.23. The molecule has 0 aliphatic heterocycles. The van der Waals surface area contributed by atoms with Gasteiger partial charge < -0.3 is 4.42 Å². The molecular formula is C54H37N3O. The molecule has 0 atom stereocenters. The number of fused-ring (bicyclic) bond motifs is 6. The van der Waals surface area contributed by atoms with Crippen LogP contribution >= 0.6 is 0 Å². The third kappa shape index (κ3) is 5.64. The Morgan fingerprint density at radius 2 is 0.845 bits per heavy atom. The molecule has 11 rings (SSSR count).